The molecule has 0 aliphatic heterocycles. The van der Waals surface area contributed by atoms with Gasteiger partial charge >= 0.3 is 0 Å². The van der Waals surface area contributed by atoms with Gasteiger partial charge in [0.05, 0.1) is 12.2 Å². The van der Waals surface area contributed by atoms with E-state index < -0.39 is 0 Å². The molecule has 2 N–H and O–H groups in total. The molecule has 142 valence electrons. The van der Waals surface area contributed by atoms with Crippen LogP contribution in [0.1, 0.15) is 19.2 Å². The van der Waals surface area contributed by atoms with E-state index in [1.54, 1.807) is 16.8 Å². The summed E-state index contributed by atoms with van der Waals surface area (Å²) < 4.78 is 1.76. The number of pyridine rings is 1. The summed E-state index contributed by atoms with van der Waals surface area (Å²) in [6, 6.07) is 7.46. The highest BCUT2D eigenvalue weighted by Crippen LogP contribution is 2.17. The van der Waals surface area contributed by atoms with Crippen LogP contribution in [0.2, 0.25) is 0 Å². The Labute approximate surface area is 164 Å². The van der Waals surface area contributed by atoms with Crippen molar-refractivity contribution in [3.63, 3.8) is 0 Å². The number of hydrogen-bond acceptors (Lipinski definition) is 6. The first-order valence-electron chi connectivity index (χ1n) is 9.12. The Morgan fingerprint density at radius 2 is 2.00 bits per heavy atom. The summed E-state index contributed by atoms with van der Waals surface area (Å²) in [5.74, 6) is 1.27. The predicted octanol–water partition coefficient (Wildman–Crippen LogP) is 3.46. The van der Waals surface area contributed by atoms with Crippen LogP contribution in [0.4, 0.5) is 5.82 Å². The molecule has 0 saturated heterocycles. The van der Waals surface area contributed by atoms with Crippen LogP contribution in [-0.2, 0) is 6.42 Å². The van der Waals surface area contributed by atoms with Crippen LogP contribution < -0.4 is 5.73 Å². The van der Waals surface area contributed by atoms with Gasteiger partial charge in [0.1, 0.15) is 5.82 Å². The van der Waals surface area contributed by atoms with Gasteiger partial charge in [-0.15, -0.1) is 10.2 Å². The molecule has 0 saturated carbocycles. The fourth-order valence-electron chi connectivity index (χ4n) is 2.46. The molecule has 0 atom stereocenters. The highest BCUT2D eigenvalue weighted by atomic mass is 15.4. The van der Waals surface area contributed by atoms with Crippen LogP contribution in [0.3, 0.4) is 0 Å². The Hall–Kier alpha value is -3.61. The van der Waals surface area contributed by atoms with Gasteiger partial charge in [0.15, 0.2) is 11.5 Å². The van der Waals surface area contributed by atoms with Crippen LogP contribution in [-0.4, -0.2) is 37.6 Å². The van der Waals surface area contributed by atoms with E-state index in [9.17, 15) is 0 Å². The number of hydrogen-bond donors (Lipinski definition) is 1. The molecule has 3 aromatic rings. The second-order valence-electron chi connectivity index (χ2n) is 6.00. The molecule has 3 aromatic heterocycles. The summed E-state index contributed by atoms with van der Waals surface area (Å²) in [5, 5.41) is 13.1. The molecule has 3 heterocycles. The zero-order valence-corrected chi connectivity index (χ0v) is 15.8. The van der Waals surface area contributed by atoms with Crippen molar-refractivity contribution in [1.82, 2.24) is 24.8 Å². The Morgan fingerprint density at radius 3 is 2.82 bits per heavy atom. The topological polar surface area (TPSA) is 94.3 Å². The minimum atomic E-state index is 0.484. The van der Waals surface area contributed by atoms with E-state index in [4.69, 9.17) is 5.73 Å². The zero-order valence-electron chi connectivity index (χ0n) is 15.8. The molecule has 0 aliphatic carbocycles. The monoisotopic (exact) mass is 373 g/mol. The van der Waals surface area contributed by atoms with E-state index in [1.165, 1.54) is 0 Å². The first-order chi connectivity index (χ1) is 13.8. The lowest BCUT2D eigenvalue weighted by Crippen LogP contribution is -2.00. The van der Waals surface area contributed by atoms with E-state index in [0.717, 1.165) is 30.0 Å². The minimum absolute atomic E-state index is 0.484. The average molecular weight is 373 g/mol. The summed E-state index contributed by atoms with van der Waals surface area (Å²) in [4.78, 5) is 8.35. The molecular weight excluding hydrogens is 350 g/mol. The van der Waals surface area contributed by atoms with Gasteiger partial charge in [-0.3, -0.25) is 4.99 Å². The summed E-state index contributed by atoms with van der Waals surface area (Å²) in [7, 11) is 0. The van der Waals surface area contributed by atoms with Crippen LogP contribution >= 0.6 is 0 Å². The molecule has 7 nitrogen and oxygen atoms in total. The lowest BCUT2D eigenvalue weighted by atomic mass is 10.2. The molecule has 3 rings (SSSR count). The number of nitrogens with zero attached hydrogens (tertiary/aromatic N) is 6. The van der Waals surface area contributed by atoms with Crippen molar-refractivity contribution in [2.75, 3.05) is 12.3 Å². The smallest absolute Gasteiger partial charge is 0.177 e. The molecule has 0 unspecified atom stereocenters. The van der Waals surface area contributed by atoms with Crippen molar-refractivity contribution in [1.29, 1.82) is 0 Å². The van der Waals surface area contributed by atoms with Gasteiger partial charge in [0.25, 0.3) is 0 Å². The van der Waals surface area contributed by atoms with Crippen molar-refractivity contribution in [2.24, 2.45) is 4.99 Å². The maximum Gasteiger partial charge on any atom is 0.177 e. The van der Waals surface area contributed by atoms with Gasteiger partial charge < -0.3 is 5.73 Å². The average Bonchev–Trinajstić information content (AvgIpc) is 3.12. The molecule has 0 aliphatic rings. The second-order valence-corrected chi connectivity index (χ2v) is 6.00. The molecular formula is C21H23N7. The Morgan fingerprint density at radius 1 is 1.07 bits per heavy atom. The lowest BCUT2D eigenvalue weighted by molar-refractivity contribution is 0.849. The van der Waals surface area contributed by atoms with Gasteiger partial charge in [0.2, 0.25) is 0 Å². The van der Waals surface area contributed by atoms with Crippen LogP contribution in [0, 0.1) is 0 Å². The molecule has 7 heteroatoms. The highest BCUT2D eigenvalue weighted by Gasteiger charge is 2.07. The van der Waals surface area contributed by atoms with E-state index in [2.05, 4.69) is 43.5 Å². The fraction of sp³-hybridized carbons (Fsp3) is 0.190. The number of allylic oxidation sites excluding steroid dienone is 5. The van der Waals surface area contributed by atoms with Crippen molar-refractivity contribution in [3.05, 3.63) is 72.7 Å². The number of anilines is 1. The maximum absolute atomic E-state index is 5.65. The summed E-state index contributed by atoms with van der Waals surface area (Å²) in [6.45, 7) is 2.71. The number of fused-ring (bicyclic) bond motifs is 1. The van der Waals surface area contributed by atoms with E-state index in [1.807, 2.05) is 49.6 Å². The van der Waals surface area contributed by atoms with Gasteiger partial charge in [-0.2, -0.15) is 9.61 Å². The first-order valence-corrected chi connectivity index (χ1v) is 9.12. The molecule has 0 bridgehead atoms. The number of aliphatic imine (C=N–C) groups is 1. The molecule has 0 spiro atoms. The van der Waals surface area contributed by atoms with E-state index in [0.29, 0.717) is 17.9 Å². The van der Waals surface area contributed by atoms with Gasteiger partial charge in [-0.05, 0) is 43.7 Å². The van der Waals surface area contributed by atoms with E-state index in [-0.39, 0.29) is 0 Å². The molecule has 0 fully saturated rings. The molecule has 0 amide bonds. The molecule has 0 aromatic carbocycles. The van der Waals surface area contributed by atoms with Crippen LogP contribution in [0.25, 0.3) is 16.9 Å². The minimum Gasteiger partial charge on any atom is -0.384 e. The van der Waals surface area contributed by atoms with Crippen molar-refractivity contribution in [3.8, 4) is 11.3 Å². The van der Waals surface area contributed by atoms with Crippen LogP contribution in [0.5, 0.6) is 0 Å². The molecule has 0 radical (unpaired) electrons. The van der Waals surface area contributed by atoms with Crippen molar-refractivity contribution >= 4 is 17.7 Å². The number of nitrogen functional groups attached to an aromatic ring is 1. The number of rotatable bonds is 8. The van der Waals surface area contributed by atoms with Gasteiger partial charge in [0, 0.05) is 24.4 Å². The Kier molecular flexibility index (Phi) is 6.78. The quantitative estimate of drug-likeness (QED) is 0.482. The maximum atomic E-state index is 5.65. The normalized spacial score (nSPS) is 12.5. The fourth-order valence-corrected chi connectivity index (χ4v) is 2.46. The highest BCUT2D eigenvalue weighted by molar-refractivity contribution is 5.71. The third-order valence-corrected chi connectivity index (χ3v) is 3.92. The van der Waals surface area contributed by atoms with Crippen molar-refractivity contribution < 1.29 is 0 Å². The first kappa shape index (κ1) is 19.2. The van der Waals surface area contributed by atoms with Crippen LogP contribution in [0.15, 0.2) is 71.9 Å². The standard InChI is InChI=1S/C21H23N7/c1-2-3-14-23-15-8-6-4-5-7-9-20-25-26-21-13-11-18(27-28(20)21)17-10-12-19(22)24-16-17/h2-3,5-8,10-13,15-16H,4,9,14H2,1H3,(H2,22,24)/b3-2-,7-5+,8-6-,23-15?. The second kappa shape index (κ2) is 9.91. The lowest BCUT2D eigenvalue weighted by Gasteiger charge is -2.02. The third-order valence-electron chi connectivity index (χ3n) is 3.92. The zero-order chi connectivity index (χ0) is 19.6. The summed E-state index contributed by atoms with van der Waals surface area (Å²) in [5.41, 5.74) is 8.06. The largest absolute Gasteiger partial charge is 0.384 e. The van der Waals surface area contributed by atoms with E-state index >= 15 is 0 Å². The number of aromatic nitrogens is 5. The third kappa shape index (κ3) is 5.20. The van der Waals surface area contributed by atoms with Gasteiger partial charge in [-0.1, -0.05) is 30.4 Å². The molecule has 28 heavy (non-hydrogen) atoms. The summed E-state index contributed by atoms with van der Waals surface area (Å²) >= 11 is 0. The van der Waals surface area contributed by atoms with Crippen molar-refractivity contribution in [2.45, 2.75) is 19.8 Å². The summed E-state index contributed by atoms with van der Waals surface area (Å²) in [6.07, 6.45) is 17.2. The Bertz CT molecular complexity index is 1010. The SMILES string of the molecule is C/C=C\CN=C/C=C\C/C=C/Cc1nnc2ccc(-c3ccc(N)nc3)nn12. The number of nitrogens with two attached hydrogens (primary N) is 1. The Balaban J connectivity index is 1.62. The van der Waals surface area contributed by atoms with Gasteiger partial charge in [-0.25, -0.2) is 4.98 Å². The predicted molar refractivity (Wildman–Crippen MR) is 113 cm³/mol.